The number of aromatic nitrogens is 2. The van der Waals surface area contributed by atoms with Gasteiger partial charge in [-0.3, -0.25) is 0 Å². The van der Waals surface area contributed by atoms with Gasteiger partial charge in [0.2, 0.25) is 0 Å². The highest BCUT2D eigenvalue weighted by Crippen LogP contribution is 2.35. The van der Waals surface area contributed by atoms with Gasteiger partial charge in [-0.2, -0.15) is 13.2 Å². The van der Waals surface area contributed by atoms with Crippen LogP contribution in [0.5, 0.6) is 5.75 Å². The van der Waals surface area contributed by atoms with Crippen LogP contribution in [0, 0.1) is 0 Å². The summed E-state index contributed by atoms with van der Waals surface area (Å²) < 4.78 is 56.5. The Hall–Kier alpha value is -2.36. The van der Waals surface area contributed by atoms with Gasteiger partial charge in [-0.1, -0.05) is 0 Å². The highest BCUT2D eigenvalue weighted by molar-refractivity contribution is 7.85. The van der Waals surface area contributed by atoms with E-state index < -0.39 is 23.7 Å². The number of ether oxygens (including phenoxy) is 1. The van der Waals surface area contributed by atoms with E-state index in [1.807, 2.05) is 0 Å². The predicted molar refractivity (Wildman–Crippen MR) is 86.3 cm³/mol. The molecule has 24 heavy (non-hydrogen) atoms. The van der Waals surface area contributed by atoms with Crippen molar-refractivity contribution in [2.24, 2.45) is 0 Å². The van der Waals surface area contributed by atoms with Gasteiger partial charge in [0.05, 0.1) is 7.11 Å². The van der Waals surface area contributed by atoms with Crippen molar-refractivity contribution in [2.75, 3.05) is 29.9 Å². The molecule has 0 aliphatic rings. The number of hydrogen-bond acceptors (Lipinski definition) is 5. The number of nitrogens with one attached hydrogen (secondary N) is 2. The first-order valence-corrected chi connectivity index (χ1v) is 8.25. The van der Waals surface area contributed by atoms with Crippen molar-refractivity contribution in [3.63, 3.8) is 0 Å². The fourth-order valence-corrected chi connectivity index (χ4v) is 2.45. The molecule has 0 saturated heterocycles. The third-order valence-electron chi connectivity index (χ3n) is 2.92. The summed E-state index contributed by atoms with van der Waals surface area (Å²) in [6, 6.07) is 4.86. The lowest BCUT2D eigenvalue weighted by molar-refractivity contribution is -0.115. The molecule has 2 rings (SSSR count). The van der Waals surface area contributed by atoms with Gasteiger partial charge >= 0.3 is 6.18 Å². The van der Waals surface area contributed by atoms with E-state index >= 15 is 0 Å². The molecule has 0 aliphatic heterocycles. The lowest BCUT2D eigenvalue weighted by Gasteiger charge is -2.15. The van der Waals surface area contributed by atoms with Crippen molar-refractivity contribution in [1.29, 1.82) is 0 Å². The van der Waals surface area contributed by atoms with Crippen LogP contribution in [-0.4, -0.2) is 40.3 Å². The van der Waals surface area contributed by atoms with E-state index in [4.69, 9.17) is 4.74 Å². The maximum absolute atomic E-state index is 12.4. The Kier molecular flexibility index (Phi) is 5.60. The van der Waals surface area contributed by atoms with Gasteiger partial charge < -0.3 is 14.8 Å². The lowest BCUT2D eigenvalue weighted by Crippen LogP contribution is -2.22. The molecule has 1 heterocycles. The fourth-order valence-electron chi connectivity index (χ4n) is 1.99. The zero-order valence-electron chi connectivity index (χ0n) is 12.8. The van der Waals surface area contributed by atoms with E-state index in [-0.39, 0.29) is 5.82 Å². The summed E-state index contributed by atoms with van der Waals surface area (Å²) in [5.74, 6) is 0.427. The van der Waals surface area contributed by atoms with Crippen molar-refractivity contribution < 1.29 is 22.1 Å². The van der Waals surface area contributed by atoms with E-state index in [9.17, 15) is 17.4 Å². The second-order valence-electron chi connectivity index (χ2n) is 4.73. The molecule has 0 aliphatic carbocycles. The molecule has 6 nitrogen and oxygen atoms in total. The number of anilines is 2. The molecule has 0 bridgehead atoms. The van der Waals surface area contributed by atoms with Crippen molar-refractivity contribution in [3.05, 3.63) is 30.7 Å². The van der Waals surface area contributed by atoms with Crippen LogP contribution >= 0.6 is 0 Å². The van der Waals surface area contributed by atoms with Crippen LogP contribution < -0.4 is 14.8 Å². The number of rotatable bonds is 6. The van der Waals surface area contributed by atoms with Crippen LogP contribution in [0.25, 0.3) is 11.1 Å². The third-order valence-corrected chi connectivity index (χ3v) is 3.44. The van der Waals surface area contributed by atoms with Gasteiger partial charge in [0.1, 0.15) is 35.4 Å². The highest BCUT2D eigenvalue weighted by atomic mass is 32.2. The molecule has 10 heteroatoms. The van der Waals surface area contributed by atoms with Crippen LogP contribution in [0.3, 0.4) is 0 Å². The number of methoxy groups -OCH3 is 1. The molecular weight excluding hydrogens is 345 g/mol. The lowest BCUT2D eigenvalue weighted by atomic mass is 10.1. The van der Waals surface area contributed by atoms with Crippen LogP contribution in [0.15, 0.2) is 30.7 Å². The molecular formula is C14H15F3N4O2S. The Balaban J connectivity index is 2.39. The number of halogens is 3. The van der Waals surface area contributed by atoms with Crippen LogP contribution in [-0.2, 0) is 11.0 Å². The smallest absolute Gasteiger partial charge is 0.405 e. The number of hydrogen-bond donors (Lipinski definition) is 2. The van der Waals surface area contributed by atoms with E-state index in [1.165, 1.54) is 19.6 Å². The van der Waals surface area contributed by atoms with Gasteiger partial charge in [-0.25, -0.2) is 14.2 Å². The predicted octanol–water partition coefficient (Wildman–Crippen LogP) is 2.83. The van der Waals surface area contributed by atoms with Gasteiger partial charge in [0.15, 0.2) is 0 Å². The zero-order chi connectivity index (χ0) is 17.7. The SMILES string of the molecule is COc1cc(NS(C)=O)ccc1-c1cncnc1NCC(F)(F)F. The van der Waals surface area contributed by atoms with E-state index in [1.54, 1.807) is 18.2 Å². The maximum atomic E-state index is 12.4. The van der Waals surface area contributed by atoms with E-state index in [2.05, 4.69) is 20.0 Å². The minimum atomic E-state index is -4.37. The van der Waals surface area contributed by atoms with Crippen molar-refractivity contribution >= 4 is 22.5 Å². The van der Waals surface area contributed by atoms with Gasteiger partial charge in [0.25, 0.3) is 0 Å². The Labute approximate surface area is 139 Å². The number of nitrogens with zero attached hydrogens (tertiary/aromatic N) is 2. The largest absolute Gasteiger partial charge is 0.496 e. The molecule has 0 saturated carbocycles. The molecule has 0 spiro atoms. The van der Waals surface area contributed by atoms with Crippen molar-refractivity contribution in [3.8, 4) is 16.9 Å². The Morgan fingerprint density at radius 1 is 1.29 bits per heavy atom. The Bertz CT molecular complexity index is 740. The molecule has 0 amide bonds. The molecule has 1 aromatic heterocycles. The number of benzene rings is 1. The van der Waals surface area contributed by atoms with E-state index in [0.29, 0.717) is 22.6 Å². The van der Waals surface area contributed by atoms with Crippen molar-refractivity contribution in [1.82, 2.24) is 9.97 Å². The average molecular weight is 360 g/mol. The zero-order valence-corrected chi connectivity index (χ0v) is 13.7. The second-order valence-corrected chi connectivity index (χ2v) is 5.84. The normalized spacial score (nSPS) is 12.5. The van der Waals surface area contributed by atoms with Gasteiger partial charge in [0, 0.05) is 35.3 Å². The quantitative estimate of drug-likeness (QED) is 0.828. The minimum absolute atomic E-state index is 0.0420. The van der Waals surface area contributed by atoms with Crippen LogP contribution in [0.1, 0.15) is 0 Å². The summed E-state index contributed by atoms with van der Waals surface area (Å²) in [6.07, 6.45) is -0.338. The topological polar surface area (TPSA) is 76.1 Å². The summed E-state index contributed by atoms with van der Waals surface area (Å²) in [7, 11) is 0.166. The van der Waals surface area contributed by atoms with E-state index in [0.717, 1.165) is 6.33 Å². The van der Waals surface area contributed by atoms with Gasteiger partial charge in [-0.15, -0.1) is 0 Å². The van der Waals surface area contributed by atoms with Gasteiger partial charge in [-0.05, 0) is 12.1 Å². The molecule has 0 fully saturated rings. The summed E-state index contributed by atoms with van der Waals surface area (Å²) in [5, 5.41) is 2.25. The average Bonchev–Trinajstić information content (AvgIpc) is 2.52. The molecule has 1 unspecified atom stereocenters. The van der Waals surface area contributed by atoms with Crippen molar-refractivity contribution in [2.45, 2.75) is 6.18 Å². The monoisotopic (exact) mass is 360 g/mol. The molecule has 1 aromatic carbocycles. The Morgan fingerprint density at radius 3 is 2.67 bits per heavy atom. The summed E-state index contributed by atoms with van der Waals surface area (Å²) in [6.45, 7) is -1.21. The molecule has 2 N–H and O–H groups in total. The molecule has 130 valence electrons. The molecule has 2 aromatic rings. The number of alkyl halides is 3. The summed E-state index contributed by atoms with van der Waals surface area (Å²) in [5.41, 5.74) is 1.43. The maximum Gasteiger partial charge on any atom is 0.405 e. The summed E-state index contributed by atoms with van der Waals surface area (Å²) in [4.78, 5) is 7.72. The van der Waals surface area contributed by atoms with Crippen LogP contribution in [0.4, 0.5) is 24.7 Å². The van der Waals surface area contributed by atoms with Crippen LogP contribution in [0.2, 0.25) is 0 Å². The third kappa shape index (κ3) is 4.82. The molecule has 1 atom stereocenters. The first-order valence-electron chi connectivity index (χ1n) is 6.69. The standard InChI is InChI=1S/C14H15F3N4O2S/c1-23-12-5-9(21-24(2)22)3-4-10(12)11-6-18-8-20-13(11)19-7-14(15,16)17/h3-6,8,21H,7H2,1-2H3,(H,18,19,20). The fraction of sp³-hybridized carbons (Fsp3) is 0.286. The first-order chi connectivity index (χ1) is 11.3. The highest BCUT2D eigenvalue weighted by Gasteiger charge is 2.27. The Morgan fingerprint density at radius 2 is 2.04 bits per heavy atom. The minimum Gasteiger partial charge on any atom is -0.496 e. The first kappa shape index (κ1) is 18.0. The second kappa shape index (κ2) is 7.47. The molecule has 0 radical (unpaired) electrons. The summed E-state index contributed by atoms with van der Waals surface area (Å²) >= 11 is 0.